The van der Waals surface area contributed by atoms with Gasteiger partial charge in [-0.25, -0.2) is 4.98 Å². The summed E-state index contributed by atoms with van der Waals surface area (Å²) in [5.74, 6) is 0.534. The highest BCUT2D eigenvalue weighted by Gasteiger charge is 2.09. The second-order valence-electron chi connectivity index (χ2n) is 3.37. The standard InChI is InChI=1S/C9H7N7O/c10-9-15-7-5(8(17)16-9)13-6(14-7)4-1-2-11-12-3-4/h1-3H,(H4,10,13,14,15,16,17). The van der Waals surface area contributed by atoms with E-state index in [0.29, 0.717) is 5.82 Å². The molecular weight excluding hydrogens is 222 g/mol. The molecule has 17 heavy (non-hydrogen) atoms. The topological polar surface area (TPSA) is 126 Å². The molecule has 0 aliphatic heterocycles. The third-order valence-corrected chi connectivity index (χ3v) is 2.24. The number of hydrogen-bond acceptors (Lipinski definition) is 6. The predicted molar refractivity (Wildman–Crippen MR) is 59.9 cm³/mol. The number of fused-ring (bicyclic) bond motifs is 1. The van der Waals surface area contributed by atoms with Gasteiger partial charge < -0.3 is 10.7 Å². The first-order valence-corrected chi connectivity index (χ1v) is 4.76. The van der Waals surface area contributed by atoms with Crippen molar-refractivity contribution in [2.45, 2.75) is 0 Å². The number of imidazole rings is 1. The highest BCUT2D eigenvalue weighted by Crippen LogP contribution is 2.15. The zero-order valence-corrected chi connectivity index (χ0v) is 8.51. The SMILES string of the molecule is Nc1nc2nc(-c3ccnnc3)[nH]c2c(=O)[nH]1. The van der Waals surface area contributed by atoms with Crippen LogP contribution < -0.4 is 11.3 Å². The van der Waals surface area contributed by atoms with Gasteiger partial charge in [-0.1, -0.05) is 0 Å². The number of nitrogen functional groups attached to an aromatic ring is 1. The molecule has 3 heterocycles. The normalized spacial score (nSPS) is 10.8. The van der Waals surface area contributed by atoms with Crippen LogP contribution in [0.4, 0.5) is 5.95 Å². The van der Waals surface area contributed by atoms with E-state index >= 15 is 0 Å². The van der Waals surface area contributed by atoms with Gasteiger partial charge in [0.05, 0.1) is 12.4 Å². The molecule has 3 aromatic rings. The van der Waals surface area contributed by atoms with E-state index in [4.69, 9.17) is 5.73 Å². The van der Waals surface area contributed by atoms with Gasteiger partial charge in [0.2, 0.25) is 5.95 Å². The molecule has 0 bridgehead atoms. The second kappa shape index (κ2) is 3.37. The quantitative estimate of drug-likeness (QED) is 0.525. The Morgan fingerprint density at radius 3 is 2.82 bits per heavy atom. The molecule has 84 valence electrons. The van der Waals surface area contributed by atoms with Crippen LogP contribution in [0.3, 0.4) is 0 Å². The van der Waals surface area contributed by atoms with Crippen molar-refractivity contribution < 1.29 is 0 Å². The fraction of sp³-hybridized carbons (Fsp3) is 0. The van der Waals surface area contributed by atoms with E-state index in [1.54, 1.807) is 6.07 Å². The Labute approximate surface area is 93.9 Å². The summed E-state index contributed by atoms with van der Waals surface area (Å²) in [6.45, 7) is 0. The molecule has 8 nitrogen and oxygen atoms in total. The van der Waals surface area contributed by atoms with Gasteiger partial charge in [-0.05, 0) is 6.07 Å². The molecule has 0 atom stereocenters. The van der Waals surface area contributed by atoms with Crippen molar-refractivity contribution in [3.05, 3.63) is 28.8 Å². The van der Waals surface area contributed by atoms with E-state index in [9.17, 15) is 4.79 Å². The van der Waals surface area contributed by atoms with E-state index in [0.717, 1.165) is 5.56 Å². The van der Waals surface area contributed by atoms with E-state index in [2.05, 4.69) is 30.1 Å². The van der Waals surface area contributed by atoms with Gasteiger partial charge in [0.1, 0.15) is 5.82 Å². The van der Waals surface area contributed by atoms with Crippen molar-refractivity contribution >= 4 is 17.1 Å². The first-order chi connectivity index (χ1) is 8.24. The minimum atomic E-state index is -0.353. The molecule has 8 heteroatoms. The third-order valence-electron chi connectivity index (χ3n) is 2.24. The number of anilines is 1. The smallest absolute Gasteiger partial charge is 0.278 e. The lowest BCUT2D eigenvalue weighted by atomic mass is 10.3. The molecule has 3 rings (SSSR count). The molecule has 0 fully saturated rings. The number of aromatic nitrogens is 6. The van der Waals surface area contributed by atoms with Gasteiger partial charge in [-0.3, -0.25) is 9.78 Å². The molecule has 0 aromatic carbocycles. The molecule has 0 saturated heterocycles. The zero-order chi connectivity index (χ0) is 11.8. The van der Waals surface area contributed by atoms with Crippen molar-refractivity contribution in [1.29, 1.82) is 0 Å². The predicted octanol–water partition coefficient (Wildman–Crippen LogP) is -0.315. The molecule has 0 unspecified atom stereocenters. The van der Waals surface area contributed by atoms with E-state index < -0.39 is 0 Å². The Morgan fingerprint density at radius 2 is 2.06 bits per heavy atom. The zero-order valence-electron chi connectivity index (χ0n) is 8.51. The third kappa shape index (κ3) is 1.51. The number of H-pyrrole nitrogens is 2. The van der Waals surface area contributed by atoms with Crippen LogP contribution in [0.1, 0.15) is 0 Å². The molecule has 3 aromatic heterocycles. The second-order valence-corrected chi connectivity index (χ2v) is 3.37. The van der Waals surface area contributed by atoms with Gasteiger partial charge in [0.15, 0.2) is 11.2 Å². The molecule has 0 aliphatic carbocycles. The van der Waals surface area contributed by atoms with Crippen molar-refractivity contribution in [2.24, 2.45) is 0 Å². The first-order valence-electron chi connectivity index (χ1n) is 4.76. The van der Waals surface area contributed by atoms with Gasteiger partial charge in [0, 0.05) is 5.56 Å². The largest absolute Gasteiger partial charge is 0.369 e. The highest BCUT2D eigenvalue weighted by molar-refractivity contribution is 5.75. The van der Waals surface area contributed by atoms with Gasteiger partial charge in [-0.2, -0.15) is 15.2 Å². The molecule has 0 saturated carbocycles. The fourth-order valence-corrected chi connectivity index (χ4v) is 1.49. The lowest BCUT2D eigenvalue weighted by Gasteiger charge is -1.91. The summed E-state index contributed by atoms with van der Waals surface area (Å²) in [6.07, 6.45) is 3.07. The Hall–Kier alpha value is -2.77. The van der Waals surface area contributed by atoms with Crippen LogP contribution in [0.5, 0.6) is 0 Å². The van der Waals surface area contributed by atoms with Crippen LogP contribution in [-0.4, -0.2) is 30.1 Å². The molecule has 0 amide bonds. The Bertz CT molecular complexity index is 730. The average Bonchev–Trinajstić information content (AvgIpc) is 2.74. The summed E-state index contributed by atoms with van der Waals surface area (Å²) in [5, 5.41) is 7.39. The number of nitrogens with two attached hydrogens (primary N) is 1. The maximum absolute atomic E-state index is 11.6. The summed E-state index contributed by atoms with van der Waals surface area (Å²) in [4.78, 5) is 24.9. The van der Waals surface area contributed by atoms with Gasteiger partial charge >= 0.3 is 0 Å². The van der Waals surface area contributed by atoms with Crippen molar-refractivity contribution in [3.63, 3.8) is 0 Å². The summed E-state index contributed by atoms with van der Waals surface area (Å²) >= 11 is 0. The number of rotatable bonds is 1. The minimum absolute atomic E-state index is 0.0356. The number of aromatic amines is 2. The highest BCUT2D eigenvalue weighted by atomic mass is 16.1. The maximum Gasteiger partial charge on any atom is 0.278 e. The van der Waals surface area contributed by atoms with Crippen LogP contribution in [-0.2, 0) is 0 Å². The summed E-state index contributed by atoms with van der Waals surface area (Å²) in [6, 6.07) is 1.72. The Morgan fingerprint density at radius 1 is 1.18 bits per heavy atom. The van der Waals surface area contributed by atoms with E-state index in [-0.39, 0.29) is 22.7 Å². The summed E-state index contributed by atoms with van der Waals surface area (Å²) in [7, 11) is 0. The summed E-state index contributed by atoms with van der Waals surface area (Å²) < 4.78 is 0. The lowest BCUT2D eigenvalue weighted by molar-refractivity contribution is 1.03. The maximum atomic E-state index is 11.6. The molecule has 0 spiro atoms. The Kier molecular flexibility index (Phi) is 1.87. The number of nitrogens with one attached hydrogen (secondary N) is 2. The van der Waals surface area contributed by atoms with Gasteiger partial charge in [-0.15, -0.1) is 0 Å². The average molecular weight is 229 g/mol. The summed E-state index contributed by atoms with van der Waals surface area (Å²) in [5.41, 5.74) is 6.35. The van der Waals surface area contributed by atoms with Crippen LogP contribution in [0.15, 0.2) is 23.3 Å². The molecular formula is C9H7N7O. The van der Waals surface area contributed by atoms with Crippen LogP contribution in [0, 0.1) is 0 Å². The van der Waals surface area contributed by atoms with E-state index in [1.807, 2.05) is 0 Å². The van der Waals surface area contributed by atoms with Crippen molar-refractivity contribution in [1.82, 2.24) is 30.1 Å². The fourth-order valence-electron chi connectivity index (χ4n) is 1.49. The Balaban J connectivity index is 2.28. The van der Waals surface area contributed by atoms with Crippen LogP contribution in [0.25, 0.3) is 22.6 Å². The number of hydrogen-bond donors (Lipinski definition) is 3. The molecule has 4 N–H and O–H groups in total. The van der Waals surface area contributed by atoms with Crippen LogP contribution >= 0.6 is 0 Å². The molecule has 0 radical (unpaired) electrons. The first kappa shape index (κ1) is 9.46. The lowest BCUT2D eigenvalue weighted by Crippen LogP contribution is -2.10. The minimum Gasteiger partial charge on any atom is -0.369 e. The van der Waals surface area contributed by atoms with E-state index in [1.165, 1.54) is 12.4 Å². The van der Waals surface area contributed by atoms with Crippen molar-refractivity contribution in [2.75, 3.05) is 5.73 Å². The number of nitrogens with zero attached hydrogens (tertiary/aromatic N) is 4. The van der Waals surface area contributed by atoms with Gasteiger partial charge in [0.25, 0.3) is 5.56 Å². The van der Waals surface area contributed by atoms with Crippen LogP contribution in [0.2, 0.25) is 0 Å². The monoisotopic (exact) mass is 229 g/mol. The molecule has 0 aliphatic rings. The van der Waals surface area contributed by atoms with Crippen molar-refractivity contribution in [3.8, 4) is 11.4 Å².